The Kier molecular flexibility index (Phi) is 5.74. The van der Waals surface area contributed by atoms with Gasteiger partial charge in [-0.2, -0.15) is 0 Å². The molecule has 7 nitrogen and oxygen atoms in total. The summed E-state index contributed by atoms with van der Waals surface area (Å²) in [6, 6.07) is 6.20. The van der Waals surface area contributed by atoms with Gasteiger partial charge in [0.15, 0.2) is 0 Å². The van der Waals surface area contributed by atoms with Crippen LogP contribution in [0, 0.1) is 0 Å². The Morgan fingerprint density at radius 3 is 2.87 bits per heavy atom. The molecule has 1 aromatic rings. The number of rotatable bonds is 5. The molecule has 1 aliphatic heterocycles. The van der Waals surface area contributed by atoms with Crippen molar-refractivity contribution in [3.8, 4) is 0 Å². The van der Waals surface area contributed by atoms with Gasteiger partial charge in [0, 0.05) is 31.2 Å². The van der Waals surface area contributed by atoms with Gasteiger partial charge in [0.05, 0.1) is 17.6 Å². The third-order valence-electron chi connectivity index (χ3n) is 3.81. The number of carbonyl (C=O) groups is 1. The predicted molar refractivity (Wildman–Crippen MR) is 87.5 cm³/mol. The number of ether oxygens (including phenoxy) is 1. The average molecular weight is 341 g/mol. The lowest BCUT2D eigenvalue weighted by Crippen LogP contribution is -2.48. The number of anilines is 1. The first-order valence-electron chi connectivity index (χ1n) is 7.54. The Bertz CT molecular complexity index is 662. The molecule has 0 saturated carbocycles. The van der Waals surface area contributed by atoms with Crippen LogP contribution in [-0.4, -0.2) is 51.1 Å². The van der Waals surface area contributed by atoms with Crippen LogP contribution >= 0.6 is 0 Å². The highest BCUT2D eigenvalue weighted by Gasteiger charge is 2.23. The number of benzene rings is 1. The molecule has 0 bridgehead atoms. The molecule has 1 heterocycles. The van der Waals surface area contributed by atoms with Gasteiger partial charge in [-0.25, -0.2) is 13.6 Å². The summed E-state index contributed by atoms with van der Waals surface area (Å²) in [6.07, 6.45) is 0.497. The largest absolute Gasteiger partial charge is 0.376 e. The Morgan fingerprint density at radius 2 is 2.17 bits per heavy atom. The maximum atomic E-state index is 12.1. The molecule has 2 rings (SSSR count). The quantitative estimate of drug-likeness (QED) is 0.824. The molecule has 0 radical (unpaired) electrons. The lowest BCUT2D eigenvalue weighted by Gasteiger charge is -2.36. The number of nitrogens with one attached hydrogen (secondary N) is 1. The van der Waals surface area contributed by atoms with E-state index < -0.39 is 10.0 Å². The Labute approximate surface area is 136 Å². The molecule has 128 valence electrons. The van der Waals surface area contributed by atoms with E-state index in [4.69, 9.17) is 9.88 Å². The standard InChI is InChI=1S/C15H23N3O4S/c1-11-10-22-12(2)9-18(11)7-6-15(19)17-13-4-3-5-14(8-13)23(16,20)21/h3-5,8,11-12H,6-7,9-10H2,1-2H3,(H,17,19)(H2,16,20,21). The Morgan fingerprint density at radius 1 is 1.43 bits per heavy atom. The highest BCUT2D eigenvalue weighted by molar-refractivity contribution is 7.89. The zero-order valence-electron chi connectivity index (χ0n) is 13.4. The molecule has 2 unspecified atom stereocenters. The van der Waals surface area contributed by atoms with E-state index in [1.54, 1.807) is 12.1 Å². The molecule has 1 aromatic carbocycles. The second-order valence-corrected chi connectivity index (χ2v) is 7.42. The van der Waals surface area contributed by atoms with Crippen LogP contribution in [0.25, 0.3) is 0 Å². The van der Waals surface area contributed by atoms with Gasteiger partial charge in [-0.3, -0.25) is 9.69 Å². The Balaban J connectivity index is 1.90. The fourth-order valence-electron chi connectivity index (χ4n) is 2.50. The molecule has 23 heavy (non-hydrogen) atoms. The normalized spacial score (nSPS) is 22.7. The number of nitrogens with zero attached hydrogens (tertiary/aromatic N) is 1. The summed E-state index contributed by atoms with van der Waals surface area (Å²) in [4.78, 5) is 14.2. The van der Waals surface area contributed by atoms with E-state index in [9.17, 15) is 13.2 Å². The zero-order chi connectivity index (χ0) is 17.0. The maximum absolute atomic E-state index is 12.1. The van der Waals surface area contributed by atoms with E-state index in [1.165, 1.54) is 12.1 Å². The van der Waals surface area contributed by atoms with Crippen LogP contribution in [0.15, 0.2) is 29.2 Å². The van der Waals surface area contributed by atoms with Crippen molar-refractivity contribution in [2.75, 3.05) is 25.0 Å². The summed E-state index contributed by atoms with van der Waals surface area (Å²) >= 11 is 0. The molecule has 0 spiro atoms. The van der Waals surface area contributed by atoms with Crippen molar-refractivity contribution in [1.82, 2.24) is 4.90 Å². The molecule has 2 atom stereocenters. The first-order chi connectivity index (χ1) is 10.8. The summed E-state index contributed by atoms with van der Waals surface area (Å²) in [7, 11) is -3.78. The maximum Gasteiger partial charge on any atom is 0.238 e. The van der Waals surface area contributed by atoms with Gasteiger partial charge >= 0.3 is 0 Å². The summed E-state index contributed by atoms with van der Waals surface area (Å²) in [5.74, 6) is -0.164. The number of sulfonamides is 1. The highest BCUT2D eigenvalue weighted by atomic mass is 32.2. The smallest absolute Gasteiger partial charge is 0.238 e. The van der Waals surface area contributed by atoms with E-state index in [1.807, 2.05) is 6.92 Å². The van der Waals surface area contributed by atoms with Crippen LogP contribution in [0.5, 0.6) is 0 Å². The summed E-state index contributed by atoms with van der Waals surface area (Å²) in [5, 5.41) is 7.79. The molecule has 1 amide bonds. The summed E-state index contributed by atoms with van der Waals surface area (Å²) in [6.45, 7) is 6.18. The fraction of sp³-hybridized carbons (Fsp3) is 0.533. The highest BCUT2D eigenvalue weighted by Crippen LogP contribution is 2.15. The van der Waals surface area contributed by atoms with E-state index in [0.717, 1.165) is 6.54 Å². The first-order valence-corrected chi connectivity index (χ1v) is 9.08. The number of carbonyl (C=O) groups excluding carboxylic acids is 1. The number of primary sulfonamides is 1. The number of amides is 1. The van der Waals surface area contributed by atoms with Crippen LogP contribution in [0.4, 0.5) is 5.69 Å². The lowest BCUT2D eigenvalue weighted by atomic mass is 10.2. The predicted octanol–water partition coefficient (Wildman–Crippen LogP) is 0.772. The van der Waals surface area contributed by atoms with Gasteiger partial charge in [-0.1, -0.05) is 6.07 Å². The van der Waals surface area contributed by atoms with Gasteiger partial charge in [0.25, 0.3) is 0 Å². The van der Waals surface area contributed by atoms with Crippen molar-refractivity contribution in [2.45, 2.75) is 37.3 Å². The second-order valence-electron chi connectivity index (χ2n) is 5.86. The van der Waals surface area contributed by atoms with Crippen molar-refractivity contribution >= 4 is 21.6 Å². The number of hydrogen-bond acceptors (Lipinski definition) is 5. The van der Waals surface area contributed by atoms with E-state index in [-0.39, 0.29) is 22.9 Å². The van der Waals surface area contributed by atoms with E-state index in [2.05, 4.69) is 17.1 Å². The molecule has 3 N–H and O–H groups in total. The van der Waals surface area contributed by atoms with Gasteiger partial charge in [0.2, 0.25) is 15.9 Å². The summed E-state index contributed by atoms with van der Waals surface area (Å²) < 4.78 is 28.2. The number of morpholine rings is 1. The minimum Gasteiger partial charge on any atom is -0.376 e. The van der Waals surface area contributed by atoms with Crippen LogP contribution < -0.4 is 10.5 Å². The molecule has 1 saturated heterocycles. The molecular weight excluding hydrogens is 318 g/mol. The van der Waals surface area contributed by atoms with E-state index >= 15 is 0 Å². The minimum absolute atomic E-state index is 0.0223. The van der Waals surface area contributed by atoms with Crippen molar-refractivity contribution in [3.63, 3.8) is 0 Å². The zero-order valence-corrected chi connectivity index (χ0v) is 14.2. The second kappa shape index (κ2) is 7.39. The summed E-state index contributed by atoms with van der Waals surface area (Å²) in [5.41, 5.74) is 0.421. The fourth-order valence-corrected chi connectivity index (χ4v) is 3.06. The average Bonchev–Trinajstić information content (AvgIpc) is 2.47. The lowest BCUT2D eigenvalue weighted by molar-refractivity contribution is -0.117. The molecule has 0 aliphatic carbocycles. The number of hydrogen-bond donors (Lipinski definition) is 2. The molecule has 1 fully saturated rings. The topological polar surface area (TPSA) is 102 Å². The van der Waals surface area contributed by atoms with Crippen molar-refractivity contribution in [3.05, 3.63) is 24.3 Å². The van der Waals surface area contributed by atoms with Crippen molar-refractivity contribution < 1.29 is 17.9 Å². The third kappa shape index (κ3) is 5.28. The number of nitrogens with two attached hydrogens (primary N) is 1. The van der Waals surface area contributed by atoms with Crippen LogP contribution in [0.2, 0.25) is 0 Å². The van der Waals surface area contributed by atoms with Crippen LogP contribution in [0.3, 0.4) is 0 Å². The van der Waals surface area contributed by atoms with Crippen molar-refractivity contribution in [2.24, 2.45) is 5.14 Å². The molecular formula is C15H23N3O4S. The van der Waals surface area contributed by atoms with Gasteiger partial charge in [-0.05, 0) is 32.0 Å². The third-order valence-corrected chi connectivity index (χ3v) is 4.72. The monoisotopic (exact) mass is 341 g/mol. The van der Waals surface area contributed by atoms with Gasteiger partial charge in [-0.15, -0.1) is 0 Å². The molecule has 0 aromatic heterocycles. The van der Waals surface area contributed by atoms with Crippen LogP contribution in [-0.2, 0) is 19.6 Å². The van der Waals surface area contributed by atoms with Crippen LogP contribution in [0.1, 0.15) is 20.3 Å². The molecule has 1 aliphatic rings. The van der Waals surface area contributed by atoms with Gasteiger partial charge < -0.3 is 10.1 Å². The van der Waals surface area contributed by atoms with Crippen molar-refractivity contribution in [1.29, 1.82) is 0 Å². The molecule has 8 heteroatoms. The Hall–Kier alpha value is -1.48. The van der Waals surface area contributed by atoms with Gasteiger partial charge in [0.1, 0.15) is 0 Å². The SMILES string of the molecule is CC1CN(CCC(=O)Nc2cccc(S(N)(=O)=O)c2)C(C)CO1. The first kappa shape index (κ1) is 17.9. The van der Waals surface area contributed by atoms with E-state index in [0.29, 0.717) is 25.3 Å². The minimum atomic E-state index is -3.78.